The Bertz CT molecular complexity index is 251. The highest BCUT2D eigenvalue weighted by Gasteiger charge is 2.36. The number of carboxylic acid groups (broad SMARTS) is 1. The molecule has 0 radical (unpaired) electrons. The van der Waals surface area contributed by atoms with Gasteiger partial charge in [-0.05, 0) is 25.8 Å². The van der Waals surface area contributed by atoms with Gasteiger partial charge in [-0.1, -0.05) is 26.7 Å². The molecule has 1 unspecified atom stereocenters. The summed E-state index contributed by atoms with van der Waals surface area (Å²) in [6, 6.07) is 0. The Balaban J connectivity index is 2.50. The predicted molar refractivity (Wildman–Crippen MR) is 71.8 cm³/mol. The van der Waals surface area contributed by atoms with Gasteiger partial charge in [0.05, 0.1) is 18.6 Å². The number of nitrogens with zero attached hydrogens (tertiary/aromatic N) is 1. The number of morpholine rings is 1. The lowest BCUT2D eigenvalue weighted by Gasteiger charge is -2.33. The fourth-order valence-corrected chi connectivity index (χ4v) is 2.56. The van der Waals surface area contributed by atoms with Crippen molar-refractivity contribution in [2.24, 2.45) is 5.41 Å². The number of rotatable bonds is 8. The minimum atomic E-state index is -0.619. The van der Waals surface area contributed by atoms with E-state index >= 15 is 0 Å². The van der Waals surface area contributed by atoms with Crippen LogP contribution in [-0.4, -0.2) is 48.8 Å². The number of carboxylic acids is 1. The maximum Gasteiger partial charge on any atom is 0.309 e. The van der Waals surface area contributed by atoms with Gasteiger partial charge in [0.25, 0.3) is 0 Å². The van der Waals surface area contributed by atoms with Crippen LogP contribution in [0, 0.1) is 5.41 Å². The first-order chi connectivity index (χ1) is 8.64. The van der Waals surface area contributed by atoms with Crippen LogP contribution in [0.2, 0.25) is 0 Å². The Kier molecular flexibility index (Phi) is 6.65. The van der Waals surface area contributed by atoms with Gasteiger partial charge >= 0.3 is 5.97 Å². The van der Waals surface area contributed by atoms with Crippen molar-refractivity contribution in [3.05, 3.63) is 0 Å². The van der Waals surface area contributed by atoms with Crippen LogP contribution in [0.1, 0.15) is 46.0 Å². The van der Waals surface area contributed by atoms with Crippen LogP contribution in [0.5, 0.6) is 0 Å². The average Bonchev–Trinajstić information content (AvgIpc) is 2.40. The molecule has 0 amide bonds. The number of aliphatic carboxylic acids is 1. The van der Waals surface area contributed by atoms with E-state index in [-0.39, 0.29) is 0 Å². The van der Waals surface area contributed by atoms with Crippen LogP contribution >= 0.6 is 0 Å². The molecule has 18 heavy (non-hydrogen) atoms. The Labute approximate surface area is 110 Å². The molecule has 0 aromatic rings. The molecule has 1 rings (SSSR count). The average molecular weight is 257 g/mol. The molecule has 0 aromatic carbocycles. The summed E-state index contributed by atoms with van der Waals surface area (Å²) >= 11 is 0. The summed E-state index contributed by atoms with van der Waals surface area (Å²) in [4.78, 5) is 13.9. The van der Waals surface area contributed by atoms with Crippen LogP contribution in [-0.2, 0) is 9.53 Å². The molecule has 1 saturated heterocycles. The maximum absolute atomic E-state index is 11.6. The van der Waals surface area contributed by atoms with E-state index in [1.165, 1.54) is 0 Å². The van der Waals surface area contributed by atoms with Gasteiger partial charge in [-0.3, -0.25) is 9.69 Å². The van der Waals surface area contributed by atoms with Crippen molar-refractivity contribution in [2.75, 3.05) is 32.8 Å². The summed E-state index contributed by atoms with van der Waals surface area (Å²) in [6.45, 7) is 8.43. The molecule has 1 aliphatic rings. The molecule has 1 aliphatic heterocycles. The van der Waals surface area contributed by atoms with Gasteiger partial charge in [-0.2, -0.15) is 0 Å². The molecule has 1 N–H and O–H groups in total. The van der Waals surface area contributed by atoms with E-state index < -0.39 is 11.4 Å². The molecule has 0 aromatic heterocycles. The minimum absolute atomic E-state index is 0.520. The normalized spacial score (nSPS) is 20.6. The topological polar surface area (TPSA) is 49.8 Å². The van der Waals surface area contributed by atoms with Crippen molar-refractivity contribution < 1.29 is 14.6 Å². The largest absolute Gasteiger partial charge is 0.481 e. The summed E-state index contributed by atoms with van der Waals surface area (Å²) in [5.41, 5.74) is -0.520. The molecule has 0 bridgehead atoms. The second-order valence-corrected chi connectivity index (χ2v) is 5.25. The SMILES string of the molecule is CCCCC(CC)(CCN1CCOCC1)C(=O)O. The minimum Gasteiger partial charge on any atom is -0.481 e. The summed E-state index contributed by atoms with van der Waals surface area (Å²) in [5, 5.41) is 9.54. The molecule has 4 heteroatoms. The fourth-order valence-electron chi connectivity index (χ4n) is 2.56. The quantitative estimate of drug-likeness (QED) is 0.725. The van der Waals surface area contributed by atoms with E-state index in [0.29, 0.717) is 0 Å². The van der Waals surface area contributed by atoms with Crippen molar-refractivity contribution in [2.45, 2.75) is 46.0 Å². The van der Waals surface area contributed by atoms with E-state index in [4.69, 9.17) is 4.74 Å². The highest BCUT2D eigenvalue weighted by Crippen LogP contribution is 2.33. The lowest BCUT2D eigenvalue weighted by atomic mass is 9.77. The molecule has 0 saturated carbocycles. The molecule has 1 heterocycles. The van der Waals surface area contributed by atoms with Gasteiger partial charge in [0.2, 0.25) is 0 Å². The first-order valence-corrected chi connectivity index (χ1v) is 7.18. The Morgan fingerprint density at radius 2 is 1.94 bits per heavy atom. The molecule has 106 valence electrons. The van der Waals surface area contributed by atoms with Gasteiger partial charge in [0.1, 0.15) is 0 Å². The van der Waals surface area contributed by atoms with Crippen LogP contribution in [0.3, 0.4) is 0 Å². The van der Waals surface area contributed by atoms with Gasteiger partial charge in [-0.25, -0.2) is 0 Å². The second kappa shape index (κ2) is 7.74. The van der Waals surface area contributed by atoms with Crippen molar-refractivity contribution >= 4 is 5.97 Å². The maximum atomic E-state index is 11.6. The number of carbonyl (C=O) groups is 1. The molecule has 1 fully saturated rings. The van der Waals surface area contributed by atoms with Crippen molar-refractivity contribution in [3.63, 3.8) is 0 Å². The van der Waals surface area contributed by atoms with Crippen LogP contribution in [0.15, 0.2) is 0 Å². The lowest BCUT2D eigenvalue weighted by molar-refractivity contribution is -0.150. The molecular formula is C14H27NO3. The molecule has 0 spiro atoms. The van der Waals surface area contributed by atoms with Gasteiger partial charge in [0.15, 0.2) is 0 Å². The number of hydrogen-bond acceptors (Lipinski definition) is 3. The van der Waals surface area contributed by atoms with Crippen LogP contribution in [0.4, 0.5) is 0 Å². The Morgan fingerprint density at radius 1 is 1.28 bits per heavy atom. The fraction of sp³-hybridized carbons (Fsp3) is 0.929. The van der Waals surface area contributed by atoms with Gasteiger partial charge in [0, 0.05) is 13.1 Å². The van der Waals surface area contributed by atoms with E-state index in [9.17, 15) is 9.90 Å². The summed E-state index contributed by atoms with van der Waals surface area (Å²) in [6.07, 6.45) is 4.36. The molecule has 0 aliphatic carbocycles. The molecule has 1 atom stereocenters. The smallest absolute Gasteiger partial charge is 0.309 e. The van der Waals surface area contributed by atoms with Gasteiger partial charge in [-0.15, -0.1) is 0 Å². The van der Waals surface area contributed by atoms with Crippen LogP contribution in [0.25, 0.3) is 0 Å². The van der Waals surface area contributed by atoms with Crippen LogP contribution < -0.4 is 0 Å². The summed E-state index contributed by atoms with van der Waals surface area (Å²) in [7, 11) is 0. The van der Waals surface area contributed by atoms with E-state index in [0.717, 1.165) is 65.0 Å². The highest BCUT2D eigenvalue weighted by molar-refractivity contribution is 5.74. The zero-order valence-electron chi connectivity index (χ0n) is 11.8. The molecular weight excluding hydrogens is 230 g/mol. The zero-order valence-corrected chi connectivity index (χ0v) is 11.8. The van der Waals surface area contributed by atoms with Crippen molar-refractivity contribution in [1.29, 1.82) is 0 Å². The third-order valence-electron chi connectivity index (χ3n) is 4.15. The number of hydrogen-bond donors (Lipinski definition) is 1. The lowest BCUT2D eigenvalue weighted by Crippen LogP contribution is -2.40. The highest BCUT2D eigenvalue weighted by atomic mass is 16.5. The summed E-state index contributed by atoms with van der Waals surface area (Å²) < 4.78 is 5.31. The standard InChI is InChI=1S/C14H27NO3/c1-3-5-6-14(4-2,13(16)17)7-8-15-9-11-18-12-10-15/h3-12H2,1-2H3,(H,16,17). The molecule has 4 nitrogen and oxygen atoms in total. The Hall–Kier alpha value is -0.610. The zero-order chi connectivity index (χ0) is 13.4. The predicted octanol–water partition coefficient (Wildman–Crippen LogP) is 2.38. The van der Waals surface area contributed by atoms with Crippen molar-refractivity contribution in [3.8, 4) is 0 Å². The summed E-state index contributed by atoms with van der Waals surface area (Å²) in [5.74, 6) is -0.619. The Morgan fingerprint density at radius 3 is 2.44 bits per heavy atom. The van der Waals surface area contributed by atoms with Crippen molar-refractivity contribution in [1.82, 2.24) is 4.90 Å². The second-order valence-electron chi connectivity index (χ2n) is 5.25. The van der Waals surface area contributed by atoms with E-state index in [1.54, 1.807) is 0 Å². The number of unbranched alkanes of at least 4 members (excludes halogenated alkanes) is 1. The third kappa shape index (κ3) is 4.25. The monoisotopic (exact) mass is 257 g/mol. The third-order valence-corrected chi connectivity index (χ3v) is 4.15. The first kappa shape index (κ1) is 15.4. The van der Waals surface area contributed by atoms with E-state index in [2.05, 4.69) is 11.8 Å². The van der Waals surface area contributed by atoms with Gasteiger partial charge < -0.3 is 9.84 Å². The number of ether oxygens (including phenoxy) is 1. The van der Waals surface area contributed by atoms with E-state index in [1.807, 2.05) is 6.92 Å². The first-order valence-electron chi connectivity index (χ1n) is 7.18.